The Labute approximate surface area is 317 Å². The number of rotatable bonds is 5. The third-order valence-electron chi connectivity index (χ3n) is 10.7. The third kappa shape index (κ3) is 5.26. The first kappa shape index (κ1) is 31.1. The van der Waals surface area contributed by atoms with Crippen LogP contribution in [-0.2, 0) is 0 Å². The second-order valence-corrected chi connectivity index (χ2v) is 14.0. The largest absolute Gasteiger partial charge is 0.455 e. The van der Waals surface area contributed by atoms with Gasteiger partial charge in [-0.1, -0.05) is 176 Å². The van der Waals surface area contributed by atoms with E-state index in [1.54, 1.807) is 0 Å². The van der Waals surface area contributed by atoms with Gasteiger partial charge in [-0.15, -0.1) is 0 Å². The smallest absolute Gasteiger partial charge is 0.164 e. The number of aromatic nitrogens is 3. The minimum atomic E-state index is 0.596. The molecule has 9 aromatic carbocycles. The lowest BCUT2D eigenvalue weighted by Gasteiger charge is -2.11. The summed E-state index contributed by atoms with van der Waals surface area (Å²) in [6, 6.07) is 65.7. The topological polar surface area (TPSA) is 51.8 Å². The molecule has 0 amide bonds. The Hall–Kier alpha value is -7.43. The number of hydrogen-bond acceptors (Lipinski definition) is 4. The zero-order valence-corrected chi connectivity index (χ0v) is 29.6. The maximum Gasteiger partial charge on any atom is 0.164 e. The van der Waals surface area contributed by atoms with E-state index in [4.69, 9.17) is 19.4 Å². The van der Waals surface area contributed by atoms with Gasteiger partial charge in [-0.05, 0) is 61.1 Å². The van der Waals surface area contributed by atoms with Crippen molar-refractivity contribution >= 4 is 54.3 Å². The summed E-state index contributed by atoms with van der Waals surface area (Å²) >= 11 is 0. The van der Waals surface area contributed by atoms with Crippen molar-refractivity contribution < 1.29 is 4.42 Å². The van der Waals surface area contributed by atoms with Gasteiger partial charge in [-0.25, -0.2) is 15.0 Å². The van der Waals surface area contributed by atoms with Crippen molar-refractivity contribution in [3.05, 3.63) is 188 Å². The fourth-order valence-electron chi connectivity index (χ4n) is 8.03. The predicted molar refractivity (Wildman–Crippen MR) is 227 cm³/mol. The highest BCUT2D eigenvalue weighted by atomic mass is 16.3. The highest BCUT2D eigenvalue weighted by Crippen LogP contribution is 2.41. The number of hydrogen-bond donors (Lipinski definition) is 0. The minimum absolute atomic E-state index is 0.596. The van der Waals surface area contributed by atoms with Crippen molar-refractivity contribution in [3.63, 3.8) is 0 Å². The molecule has 0 N–H and O–H groups in total. The molecule has 0 radical (unpaired) electrons. The average Bonchev–Trinajstić information content (AvgIpc) is 3.66. The molecule has 0 spiro atoms. The number of benzene rings is 9. The van der Waals surface area contributed by atoms with E-state index >= 15 is 0 Å². The van der Waals surface area contributed by atoms with Crippen LogP contribution in [-0.4, -0.2) is 15.0 Å². The average molecular weight is 702 g/mol. The number of furan rings is 1. The summed E-state index contributed by atoms with van der Waals surface area (Å²) in [5.41, 5.74) is 8.88. The van der Waals surface area contributed by atoms with Crippen molar-refractivity contribution in [1.82, 2.24) is 15.0 Å². The van der Waals surface area contributed by atoms with Crippen molar-refractivity contribution in [1.29, 1.82) is 0 Å². The lowest BCUT2D eigenvalue weighted by atomic mass is 9.96. The summed E-state index contributed by atoms with van der Waals surface area (Å²) in [4.78, 5) is 15.5. The molecule has 0 atom stereocenters. The van der Waals surface area contributed by atoms with Crippen LogP contribution in [0.25, 0.3) is 111 Å². The van der Waals surface area contributed by atoms with Crippen molar-refractivity contribution in [2.75, 3.05) is 0 Å². The molecule has 0 saturated carbocycles. The van der Waals surface area contributed by atoms with E-state index < -0.39 is 0 Å². The summed E-state index contributed by atoms with van der Waals surface area (Å²) in [5, 5.41) is 9.24. The Morgan fingerprint density at radius 2 is 0.855 bits per heavy atom. The van der Waals surface area contributed by atoms with Crippen LogP contribution in [0, 0.1) is 0 Å². The molecule has 0 aliphatic heterocycles. The fraction of sp³-hybridized carbons (Fsp3) is 0. The van der Waals surface area contributed by atoms with Crippen molar-refractivity contribution in [2.24, 2.45) is 0 Å². The van der Waals surface area contributed by atoms with E-state index in [0.29, 0.717) is 17.5 Å². The number of nitrogens with zero attached hydrogens (tertiary/aromatic N) is 3. The third-order valence-corrected chi connectivity index (χ3v) is 10.7. The molecular formula is C51H31N3O. The molecule has 4 nitrogen and oxygen atoms in total. The van der Waals surface area contributed by atoms with Crippen molar-refractivity contribution in [3.8, 4) is 56.4 Å². The molecule has 0 fully saturated rings. The van der Waals surface area contributed by atoms with Crippen LogP contribution < -0.4 is 0 Å². The molecule has 2 aromatic heterocycles. The lowest BCUT2D eigenvalue weighted by molar-refractivity contribution is 0.670. The summed E-state index contributed by atoms with van der Waals surface area (Å²) < 4.78 is 6.69. The lowest BCUT2D eigenvalue weighted by Crippen LogP contribution is -2.00. The fourth-order valence-corrected chi connectivity index (χ4v) is 8.03. The Balaban J connectivity index is 1.09. The van der Waals surface area contributed by atoms with Gasteiger partial charge in [0.1, 0.15) is 11.2 Å². The molecule has 256 valence electrons. The van der Waals surface area contributed by atoms with E-state index in [1.807, 2.05) is 48.5 Å². The van der Waals surface area contributed by atoms with Crippen LogP contribution in [0.2, 0.25) is 0 Å². The highest BCUT2D eigenvalue weighted by Gasteiger charge is 2.20. The first-order chi connectivity index (χ1) is 27.2. The van der Waals surface area contributed by atoms with E-state index in [9.17, 15) is 0 Å². The molecule has 0 aliphatic carbocycles. The van der Waals surface area contributed by atoms with Gasteiger partial charge in [0.25, 0.3) is 0 Å². The summed E-state index contributed by atoms with van der Waals surface area (Å²) in [7, 11) is 0. The first-order valence-corrected chi connectivity index (χ1v) is 18.5. The first-order valence-electron chi connectivity index (χ1n) is 18.5. The van der Waals surface area contributed by atoms with Crippen LogP contribution in [0.4, 0.5) is 0 Å². The van der Waals surface area contributed by atoms with E-state index in [0.717, 1.165) is 55.1 Å². The number of fused-ring (bicyclic) bond motifs is 8. The van der Waals surface area contributed by atoms with Crippen LogP contribution in [0.3, 0.4) is 0 Å². The Bertz CT molecular complexity index is 3240. The molecule has 11 aromatic rings. The molecule has 0 saturated heterocycles. The SMILES string of the molecule is c1ccc(-c2ccc(-c3cccc4c3oc3cccc(-c5nc(-c6ccccc6)nc(-c6ccc7ccc8c9ccccc9ccc8c7c6)n5)c34)cc2)cc1. The van der Waals surface area contributed by atoms with Gasteiger partial charge in [0, 0.05) is 33.0 Å². The quantitative estimate of drug-likeness (QED) is 0.168. The molecule has 4 heteroatoms. The Morgan fingerprint density at radius 3 is 1.65 bits per heavy atom. The van der Waals surface area contributed by atoms with Crippen LogP contribution in [0.15, 0.2) is 192 Å². The minimum Gasteiger partial charge on any atom is -0.455 e. The highest BCUT2D eigenvalue weighted by molar-refractivity contribution is 6.18. The molecule has 2 heterocycles. The molecule has 0 bridgehead atoms. The predicted octanol–water partition coefficient (Wildman–Crippen LogP) is 13.6. The standard InChI is InChI=1S/C51H31N3O/c1-3-11-32(12-4-1)33-21-23-35(24-22-33)40-17-9-18-43-47-44(19-10-20-46(47)55-48(40)43)51-53-49(37-14-5-2-6-15-37)52-50(54-51)38-26-25-36-28-29-41-39-16-8-7-13-34(39)27-30-42(41)45(36)31-38/h1-31H. The Kier molecular flexibility index (Phi) is 7.14. The normalized spacial score (nSPS) is 11.6. The van der Waals surface area contributed by atoms with Gasteiger partial charge >= 0.3 is 0 Å². The molecule has 0 unspecified atom stereocenters. The second kappa shape index (κ2) is 12.6. The van der Waals surface area contributed by atoms with Crippen molar-refractivity contribution in [2.45, 2.75) is 0 Å². The van der Waals surface area contributed by atoms with Gasteiger partial charge in [-0.2, -0.15) is 0 Å². The summed E-state index contributed by atoms with van der Waals surface area (Å²) in [5.74, 6) is 1.83. The van der Waals surface area contributed by atoms with Gasteiger partial charge in [0.2, 0.25) is 0 Å². The zero-order valence-electron chi connectivity index (χ0n) is 29.6. The maximum absolute atomic E-state index is 6.69. The van der Waals surface area contributed by atoms with Gasteiger partial charge < -0.3 is 4.42 Å². The van der Waals surface area contributed by atoms with Gasteiger partial charge in [-0.3, -0.25) is 0 Å². The molecule has 55 heavy (non-hydrogen) atoms. The molecule has 11 rings (SSSR count). The monoisotopic (exact) mass is 701 g/mol. The van der Waals surface area contributed by atoms with E-state index in [2.05, 4.69) is 140 Å². The van der Waals surface area contributed by atoms with Crippen LogP contribution in [0.5, 0.6) is 0 Å². The van der Waals surface area contributed by atoms with E-state index in [-0.39, 0.29) is 0 Å². The summed E-state index contributed by atoms with van der Waals surface area (Å²) in [6.07, 6.45) is 0. The molecular weight excluding hydrogens is 671 g/mol. The zero-order chi connectivity index (χ0) is 36.3. The van der Waals surface area contributed by atoms with Crippen LogP contribution >= 0.6 is 0 Å². The Morgan fingerprint density at radius 1 is 0.309 bits per heavy atom. The van der Waals surface area contributed by atoms with Gasteiger partial charge in [0.05, 0.1) is 0 Å². The number of para-hydroxylation sites is 1. The van der Waals surface area contributed by atoms with Gasteiger partial charge in [0.15, 0.2) is 17.5 Å². The second-order valence-electron chi connectivity index (χ2n) is 14.0. The van der Waals surface area contributed by atoms with Crippen LogP contribution in [0.1, 0.15) is 0 Å². The summed E-state index contributed by atoms with van der Waals surface area (Å²) in [6.45, 7) is 0. The maximum atomic E-state index is 6.69. The van der Waals surface area contributed by atoms with E-state index in [1.165, 1.54) is 38.1 Å². The molecule has 0 aliphatic rings.